The first-order valence-corrected chi connectivity index (χ1v) is 13.2. The van der Waals surface area contributed by atoms with Crippen molar-refractivity contribution >= 4 is 40.8 Å². The van der Waals surface area contributed by atoms with Crippen LogP contribution in [0.15, 0.2) is 53.3 Å². The van der Waals surface area contributed by atoms with E-state index in [1.807, 2.05) is 0 Å². The van der Waals surface area contributed by atoms with Crippen molar-refractivity contribution in [3.63, 3.8) is 0 Å². The van der Waals surface area contributed by atoms with Crippen LogP contribution in [0.3, 0.4) is 0 Å². The van der Waals surface area contributed by atoms with Gasteiger partial charge in [-0.15, -0.1) is 0 Å². The Morgan fingerprint density at radius 3 is 2.28 bits per heavy atom. The number of phenolic OH excluding ortho intramolecular Hbond substituents is 1. The van der Waals surface area contributed by atoms with Crippen LogP contribution in [0.5, 0.6) is 5.75 Å². The van der Waals surface area contributed by atoms with Crippen molar-refractivity contribution in [1.82, 2.24) is 4.90 Å². The largest absolute Gasteiger partial charge is 0.508 e. The van der Waals surface area contributed by atoms with Gasteiger partial charge in [0.15, 0.2) is 11.4 Å². The highest BCUT2D eigenvalue weighted by Gasteiger charge is 2.64. The third-order valence-electron chi connectivity index (χ3n) is 8.43. The quantitative estimate of drug-likeness (QED) is 0.166. The van der Waals surface area contributed by atoms with Crippen molar-refractivity contribution in [3.8, 4) is 16.9 Å². The van der Waals surface area contributed by atoms with Crippen LogP contribution in [-0.2, 0) is 35.1 Å². The highest BCUT2D eigenvalue weighted by Crippen LogP contribution is 2.53. The Hall–Kier alpha value is -5.01. The first-order chi connectivity index (χ1) is 20.2. The summed E-state index contributed by atoms with van der Waals surface area (Å²) in [7, 11) is 4.14. The van der Waals surface area contributed by atoms with Gasteiger partial charge in [0, 0.05) is 17.2 Å². The molecule has 224 valence electrons. The number of benzene rings is 2. The summed E-state index contributed by atoms with van der Waals surface area (Å²) in [5, 5.41) is 47.3. The van der Waals surface area contributed by atoms with Gasteiger partial charge >= 0.3 is 11.9 Å². The number of Topliss-reactive ketones (excluding diaryl/α,β-unsaturated/α-hetero) is 2. The van der Waals surface area contributed by atoms with Gasteiger partial charge in [-0.1, -0.05) is 18.2 Å². The molecule has 3 aliphatic rings. The molecule has 0 bridgehead atoms. The molecular formula is C30H29N3O10. The summed E-state index contributed by atoms with van der Waals surface area (Å²) < 4.78 is 4.40. The number of ketones is 2. The van der Waals surface area contributed by atoms with Gasteiger partial charge in [0.05, 0.1) is 18.7 Å². The Bertz CT molecular complexity index is 1670. The van der Waals surface area contributed by atoms with Crippen LogP contribution >= 0.6 is 0 Å². The number of nitrogens with two attached hydrogens (primary N) is 1. The molecule has 0 heterocycles. The molecule has 43 heavy (non-hydrogen) atoms. The molecule has 1 saturated carbocycles. The number of amides is 2. The number of ether oxygens (including phenoxy) is 1. The second-order valence-electron chi connectivity index (χ2n) is 11.0. The minimum Gasteiger partial charge on any atom is -0.508 e. The van der Waals surface area contributed by atoms with Crippen LogP contribution in [-0.4, -0.2) is 87.5 Å². The fourth-order valence-electron chi connectivity index (χ4n) is 6.52. The van der Waals surface area contributed by atoms with E-state index >= 15 is 0 Å². The SMILES string of the molecule is COC(=O)C(=O)Nc1ccc(-c2ccc(O)c3c2C[C@H]2C[C@@H]4[C@H](N(C)C)C(=O)C(C(N)=O)=C(O)[C@]4(O)C(=O)C2=C3O)cc1. The van der Waals surface area contributed by atoms with Gasteiger partial charge in [0.1, 0.15) is 22.8 Å². The van der Waals surface area contributed by atoms with Gasteiger partial charge in [-0.25, -0.2) is 4.79 Å². The maximum Gasteiger partial charge on any atom is 0.396 e. The molecule has 3 aliphatic carbocycles. The number of primary amides is 1. The molecule has 4 atom stereocenters. The van der Waals surface area contributed by atoms with E-state index in [0.717, 1.165) is 7.11 Å². The van der Waals surface area contributed by atoms with Crippen molar-refractivity contribution in [2.45, 2.75) is 24.5 Å². The number of esters is 1. The monoisotopic (exact) mass is 591 g/mol. The number of likely N-dealkylation sites (N-methyl/N-ethyl adjacent to an activating group) is 1. The second-order valence-corrected chi connectivity index (χ2v) is 11.0. The van der Waals surface area contributed by atoms with E-state index in [2.05, 4.69) is 10.1 Å². The van der Waals surface area contributed by atoms with Gasteiger partial charge in [0.2, 0.25) is 5.78 Å². The van der Waals surface area contributed by atoms with Gasteiger partial charge in [-0.3, -0.25) is 24.1 Å². The summed E-state index contributed by atoms with van der Waals surface area (Å²) in [4.78, 5) is 64.0. The Kier molecular flexibility index (Phi) is 7.11. The third-order valence-corrected chi connectivity index (χ3v) is 8.43. The molecule has 0 spiro atoms. The Morgan fingerprint density at radius 1 is 1.05 bits per heavy atom. The number of hydrogen-bond donors (Lipinski definition) is 6. The van der Waals surface area contributed by atoms with Gasteiger partial charge in [0.25, 0.3) is 5.91 Å². The van der Waals surface area contributed by atoms with Crippen molar-refractivity contribution in [3.05, 3.63) is 64.4 Å². The zero-order valence-corrected chi connectivity index (χ0v) is 23.4. The first kappa shape index (κ1) is 29.5. The summed E-state index contributed by atoms with van der Waals surface area (Å²) in [6.07, 6.45) is 0.0679. The second kappa shape index (κ2) is 10.4. The van der Waals surface area contributed by atoms with E-state index in [1.54, 1.807) is 30.3 Å². The van der Waals surface area contributed by atoms with Crippen LogP contribution in [0, 0.1) is 11.8 Å². The molecule has 0 radical (unpaired) electrons. The third kappa shape index (κ3) is 4.35. The Morgan fingerprint density at radius 2 is 1.70 bits per heavy atom. The van der Waals surface area contributed by atoms with E-state index in [1.165, 1.54) is 25.1 Å². The number of methoxy groups -OCH3 is 1. The average Bonchev–Trinajstić information content (AvgIpc) is 2.94. The number of nitrogens with zero attached hydrogens (tertiary/aromatic N) is 1. The number of aliphatic hydroxyl groups excluding tert-OH is 2. The molecule has 13 nitrogen and oxygen atoms in total. The first-order valence-electron chi connectivity index (χ1n) is 13.2. The van der Waals surface area contributed by atoms with E-state index in [-0.39, 0.29) is 29.7 Å². The Labute approximate surface area is 244 Å². The molecule has 13 heteroatoms. The van der Waals surface area contributed by atoms with Crippen LogP contribution in [0.25, 0.3) is 16.9 Å². The van der Waals surface area contributed by atoms with Crippen molar-refractivity contribution in [2.24, 2.45) is 17.6 Å². The minimum atomic E-state index is -2.72. The molecule has 0 unspecified atom stereocenters. The predicted molar refractivity (Wildman–Crippen MR) is 150 cm³/mol. The number of aromatic hydroxyl groups is 1. The molecule has 0 aliphatic heterocycles. The molecular weight excluding hydrogens is 562 g/mol. The highest BCUT2D eigenvalue weighted by atomic mass is 16.5. The number of carbonyl (C=O) groups is 5. The van der Waals surface area contributed by atoms with E-state index < -0.39 is 69.9 Å². The fourth-order valence-corrected chi connectivity index (χ4v) is 6.52. The zero-order chi connectivity index (χ0) is 31.5. The van der Waals surface area contributed by atoms with Gasteiger partial charge in [-0.2, -0.15) is 0 Å². The van der Waals surface area contributed by atoms with Crippen LogP contribution in [0.4, 0.5) is 5.69 Å². The maximum absolute atomic E-state index is 14.0. The summed E-state index contributed by atoms with van der Waals surface area (Å²) in [5.74, 6) is -9.26. The molecule has 2 aromatic rings. The normalized spacial score (nSPS) is 24.7. The van der Waals surface area contributed by atoms with Crippen molar-refractivity contribution < 1.29 is 49.1 Å². The lowest BCUT2D eigenvalue weighted by molar-refractivity contribution is -0.153. The number of carbonyl (C=O) groups excluding carboxylic acids is 5. The average molecular weight is 592 g/mol. The number of nitrogens with one attached hydrogen (secondary N) is 1. The van der Waals surface area contributed by atoms with Crippen LogP contribution in [0.2, 0.25) is 0 Å². The van der Waals surface area contributed by atoms with E-state index in [4.69, 9.17) is 5.73 Å². The lowest BCUT2D eigenvalue weighted by atomic mass is 9.57. The molecule has 0 aromatic heterocycles. The van der Waals surface area contributed by atoms with Crippen LogP contribution < -0.4 is 11.1 Å². The molecule has 2 aromatic carbocycles. The molecule has 0 saturated heterocycles. The summed E-state index contributed by atoms with van der Waals surface area (Å²) in [6, 6.07) is 8.15. The number of hydrogen-bond acceptors (Lipinski definition) is 11. The molecule has 1 fully saturated rings. The molecule has 5 rings (SSSR count). The standard InChI is InChI=1S/C30H29N3O10/c1-33(2)22-17-11-13-10-16-15(12-4-6-14(7-5-12)32-28(40)29(41)43-3)8-9-18(34)20(16)23(35)19(13)25(37)30(17,42)26(38)21(24(22)36)27(31)39/h4-9,13,17,22,34-35,38,42H,10-11H2,1-3H3,(H2,31,39)(H,32,40)/t13-,17+,22-,30+/m0/s1. The zero-order valence-electron chi connectivity index (χ0n) is 23.4. The number of anilines is 1. The summed E-state index contributed by atoms with van der Waals surface area (Å²) in [5.41, 5.74) is 3.46. The smallest absolute Gasteiger partial charge is 0.396 e. The number of rotatable bonds is 4. The van der Waals surface area contributed by atoms with E-state index in [0.29, 0.717) is 22.4 Å². The van der Waals surface area contributed by atoms with E-state index in [9.17, 15) is 44.4 Å². The van der Waals surface area contributed by atoms with Gasteiger partial charge in [-0.05, 0) is 67.7 Å². The molecule has 2 amide bonds. The van der Waals surface area contributed by atoms with Crippen molar-refractivity contribution in [2.75, 3.05) is 26.5 Å². The summed E-state index contributed by atoms with van der Waals surface area (Å²) in [6.45, 7) is 0. The predicted octanol–water partition coefficient (Wildman–Crippen LogP) is 0.743. The lowest BCUT2D eigenvalue weighted by Gasteiger charge is -2.50. The van der Waals surface area contributed by atoms with Crippen molar-refractivity contribution in [1.29, 1.82) is 0 Å². The lowest BCUT2D eigenvalue weighted by Crippen LogP contribution is -2.65. The Balaban J connectivity index is 1.62. The molecule has 7 N–H and O–H groups in total. The highest BCUT2D eigenvalue weighted by molar-refractivity contribution is 6.37. The maximum atomic E-state index is 14.0. The number of fused-ring (bicyclic) bond motifs is 3. The topological polar surface area (TPSA) is 217 Å². The fraction of sp³-hybridized carbons (Fsp3) is 0.300. The summed E-state index contributed by atoms with van der Waals surface area (Å²) >= 11 is 0. The number of phenols is 1. The van der Waals surface area contributed by atoms with Gasteiger partial charge < -0.3 is 36.2 Å². The number of aliphatic hydroxyl groups is 3. The minimum absolute atomic E-state index is 0.0423. The van der Waals surface area contributed by atoms with Crippen LogP contribution in [0.1, 0.15) is 17.5 Å².